The van der Waals surface area contributed by atoms with Crippen molar-refractivity contribution in [3.63, 3.8) is 0 Å². The van der Waals surface area contributed by atoms with Gasteiger partial charge in [-0.3, -0.25) is 29.0 Å². The Balaban J connectivity index is 0.000000176. The van der Waals surface area contributed by atoms with Crippen LogP contribution in [0, 0.1) is 0 Å². The molecule has 2 aromatic carbocycles. The highest BCUT2D eigenvalue weighted by atomic mass is 16.2. The summed E-state index contributed by atoms with van der Waals surface area (Å²) < 4.78 is 0. The Kier molecular flexibility index (Phi) is 6.82. The number of carbonyl (C=O) groups excluding carboxylic acids is 4. The van der Waals surface area contributed by atoms with E-state index in [1.54, 1.807) is 55.5 Å². The molecule has 0 saturated carbocycles. The fraction of sp³-hybridized carbons (Fsp3) is 0.273. The second-order valence-electron chi connectivity index (χ2n) is 6.32. The molecule has 0 unspecified atom stereocenters. The van der Waals surface area contributed by atoms with E-state index in [1.807, 2.05) is 0 Å². The van der Waals surface area contributed by atoms with Gasteiger partial charge in [0, 0.05) is 13.6 Å². The van der Waals surface area contributed by atoms with Crippen LogP contribution in [-0.4, -0.2) is 47.0 Å². The number of rotatable bonds is 1. The fourth-order valence-corrected chi connectivity index (χ4v) is 2.84. The molecule has 0 saturated heterocycles. The van der Waals surface area contributed by atoms with E-state index >= 15 is 0 Å². The largest absolute Gasteiger partial charge is 0.277 e. The minimum atomic E-state index is -0.212. The molecule has 6 heteroatoms. The summed E-state index contributed by atoms with van der Waals surface area (Å²) in [6.07, 6.45) is 1.25. The second kappa shape index (κ2) is 9.08. The Hall–Kier alpha value is -3.28. The van der Waals surface area contributed by atoms with Gasteiger partial charge < -0.3 is 0 Å². The van der Waals surface area contributed by atoms with Crippen molar-refractivity contribution in [2.45, 2.75) is 27.2 Å². The van der Waals surface area contributed by atoms with Gasteiger partial charge in [-0.2, -0.15) is 0 Å². The van der Waals surface area contributed by atoms with E-state index in [1.165, 1.54) is 18.4 Å². The minimum absolute atomic E-state index is 0.178. The van der Waals surface area contributed by atoms with E-state index in [2.05, 4.69) is 13.8 Å². The third-order valence-electron chi connectivity index (χ3n) is 4.19. The maximum absolute atomic E-state index is 11.5. The predicted molar refractivity (Wildman–Crippen MR) is 106 cm³/mol. The lowest BCUT2D eigenvalue weighted by Crippen LogP contribution is -2.29. The zero-order chi connectivity index (χ0) is 20.8. The van der Waals surface area contributed by atoms with Crippen molar-refractivity contribution in [2.75, 3.05) is 13.6 Å². The molecule has 0 N–H and O–H groups in total. The van der Waals surface area contributed by atoms with Crippen molar-refractivity contribution in [2.24, 2.45) is 0 Å². The first-order chi connectivity index (χ1) is 13.4. The summed E-state index contributed by atoms with van der Waals surface area (Å²) in [7, 11) is 1.49. The molecule has 0 spiro atoms. The molecule has 0 fully saturated rings. The normalized spacial score (nSPS) is 14.1. The van der Waals surface area contributed by atoms with E-state index in [0.29, 0.717) is 28.8 Å². The van der Waals surface area contributed by atoms with Crippen LogP contribution < -0.4 is 0 Å². The van der Waals surface area contributed by atoms with E-state index in [0.717, 1.165) is 4.90 Å². The number of amides is 4. The van der Waals surface area contributed by atoms with E-state index in [4.69, 9.17) is 0 Å². The van der Waals surface area contributed by atoms with Gasteiger partial charge >= 0.3 is 0 Å². The molecule has 4 rings (SSSR count). The summed E-state index contributed by atoms with van der Waals surface area (Å²) in [5, 5.41) is 0. The third-order valence-corrected chi connectivity index (χ3v) is 4.19. The van der Waals surface area contributed by atoms with Gasteiger partial charge in [0.15, 0.2) is 0 Å². The van der Waals surface area contributed by atoms with Crippen LogP contribution in [0.4, 0.5) is 0 Å². The molecule has 0 bridgehead atoms. The van der Waals surface area contributed by atoms with Gasteiger partial charge in [-0.05, 0) is 31.2 Å². The van der Waals surface area contributed by atoms with E-state index in [9.17, 15) is 19.2 Å². The number of benzene rings is 2. The van der Waals surface area contributed by atoms with Gasteiger partial charge in [0.05, 0.1) is 22.3 Å². The zero-order valence-electron chi connectivity index (χ0n) is 16.6. The van der Waals surface area contributed by atoms with Crippen LogP contribution >= 0.6 is 0 Å². The summed E-state index contributed by atoms with van der Waals surface area (Å²) in [6.45, 7) is 6.48. The van der Waals surface area contributed by atoms with Crippen molar-refractivity contribution in [1.29, 1.82) is 0 Å². The monoisotopic (exact) mass is 380 g/mol. The average Bonchev–Trinajstić information content (AvgIpc) is 3.09. The Morgan fingerprint density at radius 2 is 0.893 bits per heavy atom. The molecule has 0 atom stereocenters. The summed E-state index contributed by atoms with van der Waals surface area (Å²) in [6, 6.07) is 13.7. The Morgan fingerprint density at radius 3 is 1.18 bits per heavy atom. The SMILES string of the molecule is CCC.CCN1C(=O)c2ccccc2C1=O.CN1C(=O)c2ccccc2C1=O. The van der Waals surface area contributed by atoms with Crippen molar-refractivity contribution in [3.8, 4) is 0 Å². The lowest BCUT2D eigenvalue weighted by Gasteiger charge is -2.08. The lowest BCUT2D eigenvalue weighted by atomic mass is 10.1. The summed E-state index contributed by atoms with van der Waals surface area (Å²) in [5.41, 5.74) is 2.05. The van der Waals surface area contributed by atoms with E-state index in [-0.39, 0.29) is 23.6 Å². The highest BCUT2D eigenvalue weighted by molar-refractivity contribution is 6.21. The van der Waals surface area contributed by atoms with Gasteiger partial charge in [0.1, 0.15) is 0 Å². The van der Waals surface area contributed by atoms with Gasteiger partial charge in [-0.25, -0.2) is 0 Å². The minimum Gasteiger partial charge on any atom is -0.277 e. The number of hydrogen-bond donors (Lipinski definition) is 0. The maximum atomic E-state index is 11.5. The first kappa shape index (κ1) is 21.0. The molecular weight excluding hydrogens is 356 g/mol. The third kappa shape index (κ3) is 3.86. The van der Waals surface area contributed by atoms with Crippen LogP contribution in [-0.2, 0) is 0 Å². The summed E-state index contributed by atoms with van der Waals surface area (Å²) in [5.74, 6) is -0.780. The van der Waals surface area contributed by atoms with Crippen molar-refractivity contribution in [3.05, 3.63) is 70.8 Å². The van der Waals surface area contributed by atoms with Gasteiger partial charge in [0.25, 0.3) is 23.6 Å². The molecule has 2 aliphatic rings. The Labute approximate surface area is 164 Å². The Morgan fingerprint density at radius 1 is 0.607 bits per heavy atom. The molecule has 0 aromatic heterocycles. The predicted octanol–water partition coefficient (Wildman–Crippen LogP) is 3.63. The zero-order valence-corrected chi connectivity index (χ0v) is 16.6. The topological polar surface area (TPSA) is 74.8 Å². The average molecular weight is 380 g/mol. The number of carbonyl (C=O) groups is 4. The number of nitrogens with zero attached hydrogens (tertiary/aromatic N) is 2. The lowest BCUT2D eigenvalue weighted by molar-refractivity contribution is 0.0656. The highest BCUT2D eigenvalue weighted by Crippen LogP contribution is 2.22. The standard InChI is InChI=1S/C10H9NO2.C9H7NO2.C3H8/c1-2-11-9(12)7-5-3-4-6-8(7)10(11)13;1-10-8(11)6-4-2-3-5-7(6)9(10)12;1-3-2/h3-6H,2H2,1H3;2-5H,1H3;3H2,1-2H3. The van der Waals surface area contributed by atoms with Crippen molar-refractivity contribution < 1.29 is 19.2 Å². The van der Waals surface area contributed by atoms with Gasteiger partial charge in [-0.1, -0.05) is 44.5 Å². The van der Waals surface area contributed by atoms with Gasteiger partial charge in [-0.15, -0.1) is 0 Å². The summed E-state index contributed by atoms with van der Waals surface area (Å²) >= 11 is 0. The first-order valence-corrected chi connectivity index (χ1v) is 9.25. The maximum Gasteiger partial charge on any atom is 0.261 e. The smallest absolute Gasteiger partial charge is 0.261 e. The molecule has 0 aliphatic carbocycles. The van der Waals surface area contributed by atoms with E-state index < -0.39 is 0 Å². The van der Waals surface area contributed by atoms with Gasteiger partial charge in [0.2, 0.25) is 0 Å². The number of imide groups is 2. The quantitative estimate of drug-likeness (QED) is 0.708. The Bertz CT molecular complexity index is 850. The van der Waals surface area contributed by atoms with Crippen LogP contribution in [0.3, 0.4) is 0 Å². The molecule has 4 amide bonds. The van der Waals surface area contributed by atoms with Crippen molar-refractivity contribution >= 4 is 23.6 Å². The van der Waals surface area contributed by atoms with Crippen molar-refractivity contribution in [1.82, 2.24) is 9.80 Å². The summed E-state index contributed by atoms with van der Waals surface area (Å²) in [4.78, 5) is 48.1. The highest BCUT2D eigenvalue weighted by Gasteiger charge is 2.33. The van der Waals surface area contributed by atoms with Crippen LogP contribution in [0.2, 0.25) is 0 Å². The molecule has 146 valence electrons. The van der Waals surface area contributed by atoms with Crippen LogP contribution in [0.25, 0.3) is 0 Å². The number of hydrogen-bond acceptors (Lipinski definition) is 4. The molecule has 2 aliphatic heterocycles. The molecular formula is C22H24N2O4. The molecule has 0 radical (unpaired) electrons. The molecule has 2 heterocycles. The second-order valence-corrected chi connectivity index (χ2v) is 6.32. The first-order valence-electron chi connectivity index (χ1n) is 9.25. The number of fused-ring (bicyclic) bond motifs is 2. The van der Waals surface area contributed by atoms with Crippen LogP contribution in [0.5, 0.6) is 0 Å². The molecule has 2 aromatic rings. The van der Waals surface area contributed by atoms with Crippen LogP contribution in [0.15, 0.2) is 48.5 Å². The fourth-order valence-electron chi connectivity index (χ4n) is 2.84. The molecule has 28 heavy (non-hydrogen) atoms. The van der Waals surface area contributed by atoms with Crippen LogP contribution in [0.1, 0.15) is 68.6 Å². The molecule has 6 nitrogen and oxygen atoms in total.